The van der Waals surface area contributed by atoms with Gasteiger partial charge in [-0.25, -0.2) is 10.0 Å². The van der Waals surface area contributed by atoms with Crippen molar-refractivity contribution in [2.24, 2.45) is 0 Å². The van der Waals surface area contributed by atoms with Gasteiger partial charge in [0.05, 0.1) is 20.6 Å². The molecule has 4 radical (unpaired) electrons. The van der Waals surface area contributed by atoms with Gasteiger partial charge in [-0.3, -0.25) is 4.79 Å². The Hall–Kier alpha value is -0.410. The first-order valence-electron chi connectivity index (χ1n) is 3.26. The van der Waals surface area contributed by atoms with Crippen molar-refractivity contribution in [1.29, 1.82) is 0 Å². The summed E-state index contributed by atoms with van der Waals surface area (Å²) < 4.78 is 0. The second kappa shape index (κ2) is 3.12. The van der Waals surface area contributed by atoms with Crippen LogP contribution in [0.15, 0.2) is 0 Å². The van der Waals surface area contributed by atoms with Crippen molar-refractivity contribution >= 4 is 5.78 Å². The number of carbonyl (C=O) groups is 1. The van der Waals surface area contributed by atoms with Crippen molar-refractivity contribution in [3.8, 4) is 0 Å². The molecule has 1 rings (SSSR count). The number of hydrogen-bond donors (Lipinski definition) is 0. The molecule has 0 spiro atoms. The summed E-state index contributed by atoms with van der Waals surface area (Å²) in [6.07, 6.45) is 1.38. The number of ketones is 1. The van der Waals surface area contributed by atoms with Gasteiger partial charge < -0.3 is 0 Å². The van der Waals surface area contributed by atoms with Gasteiger partial charge in [0.1, 0.15) is 5.78 Å². The van der Waals surface area contributed by atoms with Gasteiger partial charge in [-0.1, -0.05) is 0 Å². The summed E-state index contributed by atoms with van der Waals surface area (Å²) in [5.41, 5.74) is 0. The van der Waals surface area contributed by atoms with E-state index in [4.69, 9.17) is 14.1 Å². The first kappa shape index (κ1) is 7.69. The number of hydrogen-bond acceptors (Lipinski definition) is 3. The van der Waals surface area contributed by atoms with Crippen molar-refractivity contribution in [3.05, 3.63) is 14.1 Å². The summed E-state index contributed by atoms with van der Waals surface area (Å²) in [5, 5.41) is 2.61. The average molecular weight is 138 g/mol. The molecule has 3 nitrogen and oxygen atoms in total. The Morgan fingerprint density at radius 1 is 1.30 bits per heavy atom. The van der Waals surface area contributed by atoms with E-state index in [2.05, 4.69) is 0 Å². The predicted molar refractivity (Wildman–Crippen MR) is 36.3 cm³/mol. The van der Waals surface area contributed by atoms with Crippen LogP contribution in [0.4, 0.5) is 0 Å². The van der Waals surface area contributed by atoms with E-state index in [0.29, 0.717) is 13.0 Å². The standard InChI is InChI=1S/C7H10N2O/c1-8-5-3-4-7(10)6-9(8)2/h1-2H,3-6H2. The minimum Gasteiger partial charge on any atom is -0.298 e. The molecule has 10 heavy (non-hydrogen) atoms. The number of carbonyl (C=O) groups excluding carboxylic acids is 1. The Labute approximate surface area is 61.6 Å². The molecule has 1 aliphatic rings. The molecule has 0 unspecified atom stereocenters. The third-order valence-corrected chi connectivity index (χ3v) is 1.51. The largest absolute Gasteiger partial charge is 0.298 e. The molecule has 0 amide bonds. The summed E-state index contributed by atoms with van der Waals surface area (Å²) in [6, 6.07) is 0. The van der Waals surface area contributed by atoms with Crippen LogP contribution in [0.5, 0.6) is 0 Å². The normalized spacial score (nSPS) is 24.8. The topological polar surface area (TPSA) is 23.6 Å². The molecule has 1 heterocycles. The third kappa shape index (κ3) is 1.78. The maximum absolute atomic E-state index is 10.8. The van der Waals surface area contributed by atoms with Gasteiger partial charge in [0.15, 0.2) is 0 Å². The molecule has 0 aromatic rings. The highest BCUT2D eigenvalue weighted by Gasteiger charge is 2.15. The molecule has 1 saturated heterocycles. The maximum Gasteiger partial charge on any atom is 0.148 e. The van der Waals surface area contributed by atoms with E-state index in [-0.39, 0.29) is 12.3 Å². The highest BCUT2D eigenvalue weighted by molar-refractivity contribution is 5.80. The monoisotopic (exact) mass is 138 g/mol. The molecular weight excluding hydrogens is 128 g/mol. The average Bonchev–Trinajstić information content (AvgIpc) is 1.96. The van der Waals surface area contributed by atoms with Crippen LogP contribution in [-0.4, -0.2) is 28.9 Å². The molecule has 0 saturated carbocycles. The number of Topliss-reactive ketones (excluding diaryl/α,β-unsaturated/α-hetero) is 1. The lowest BCUT2D eigenvalue weighted by Gasteiger charge is -2.22. The van der Waals surface area contributed by atoms with Crippen molar-refractivity contribution < 1.29 is 4.79 Å². The lowest BCUT2D eigenvalue weighted by atomic mass is 10.2. The van der Waals surface area contributed by atoms with E-state index in [1.165, 1.54) is 10.0 Å². The molecule has 0 aromatic heterocycles. The van der Waals surface area contributed by atoms with Crippen LogP contribution in [0.2, 0.25) is 0 Å². The summed E-state index contributed by atoms with van der Waals surface area (Å²) in [5.74, 6) is 0.149. The molecule has 0 bridgehead atoms. The third-order valence-electron chi connectivity index (χ3n) is 1.51. The SMILES string of the molecule is [CH]N1CCCC(=O)CN1[CH]. The summed E-state index contributed by atoms with van der Waals surface area (Å²) in [7, 11) is 10.8. The van der Waals surface area contributed by atoms with Gasteiger partial charge in [-0.2, -0.15) is 0 Å². The van der Waals surface area contributed by atoms with E-state index < -0.39 is 0 Å². The second-order valence-corrected chi connectivity index (χ2v) is 2.40. The molecule has 1 aliphatic heterocycles. The molecular formula is C7H10N2O. The zero-order valence-electron chi connectivity index (χ0n) is 5.79. The number of nitrogens with zero attached hydrogens (tertiary/aromatic N) is 2. The molecule has 0 aromatic carbocycles. The van der Waals surface area contributed by atoms with Gasteiger partial charge in [0.25, 0.3) is 0 Å². The lowest BCUT2D eigenvalue weighted by Crippen LogP contribution is -2.34. The van der Waals surface area contributed by atoms with E-state index >= 15 is 0 Å². The Morgan fingerprint density at radius 3 is 2.70 bits per heavy atom. The van der Waals surface area contributed by atoms with Crippen LogP contribution in [0.25, 0.3) is 0 Å². The smallest absolute Gasteiger partial charge is 0.148 e. The quantitative estimate of drug-likeness (QED) is 0.478. The highest BCUT2D eigenvalue weighted by atomic mass is 16.1. The summed E-state index contributed by atoms with van der Waals surface area (Å²) >= 11 is 0. The zero-order chi connectivity index (χ0) is 7.56. The Kier molecular flexibility index (Phi) is 2.40. The fraction of sp³-hybridized carbons (Fsp3) is 0.571. The Balaban J connectivity index is 2.49. The number of hydrazine groups is 1. The van der Waals surface area contributed by atoms with Gasteiger partial charge in [-0.05, 0) is 6.42 Å². The van der Waals surface area contributed by atoms with Gasteiger partial charge in [-0.15, -0.1) is 0 Å². The van der Waals surface area contributed by atoms with Crippen LogP contribution in [0.3, 0.4) is 0 Å². The molecule has 0 aliphatic carbocycles. The first-order valence-corrected chi connectivity index (χ1v) is 3.26. The molecule has 0 N–H and O–H groups in total. The van der Waals surface area contributed by atoms with Gasteiger partial charge >= 0.3 is 0 Å². The number of rotatable bonds is 0. The minimum atomic E-state index is 0.149. The van der Waals surface area contributed by atoms with Crippen molar-refractivity contribution in [2.75, 3.05) is 13.1 Å². The Morgan fingerprint density at radius 2 is 2.00 bits per heavy atom. The predicted octanol–water partition coefficient (Wildman–Crippen LogP) is 0.205. The van der Waals surface area contributed by atoms with Crippen molar-refractivity contribution in [3.63, 3.8) is 0 Å². The van der Waals surface area contributed by atoms with Crippen LogP contribution >= 0.6 is 0 Å². The fourth-order valence-corrected chi connectivity index (χ4v) is 0.917. The molecule has 54 valence electrons. The summed E-state index contributed by atoms with van der Waals surface area (Å²) in [4.78, 5) is 10.8. The van der Waals surface area contributed by atoms with Crippen LogP contribution < -0.4 is 0 Å². The maximum atomic E-state index is 10.8. The van der Waals surface area contributed by atoms with Gasteiger partial charge in [0.2, 0.25) is 0 Å². The zero-order valence-corrected chi connectivity index (χ0v) is 5.79. The first-order chi connectivity index (χ1) is 4.70. The van der Waals surface area contributed by atoms with Crippen LogP contribution in [0.1, 0.15) is 12.8 Å². The van der Waals surface area contributed by atoms with Crippen LogP contribution in [0, 0.1) is 14.1 Å². The molecule has 3 heteroatoms. The fourth-order valence-electron chi connectivity index (χ4n) is 0.917. The summed E-state index contributed by atoms with van der Waals surface area (Å²) in [6.45, 7) is 0.888. The minimum absolute atomic E-state index is 0.149. The van der Waals surface area contributed by atoms with Crippen LogP contribution in [-0.2, 0) is 4.79 Å². The van der Waals surface area contributed by atoms with Crippen molar-refractivity contribution in [1.82, 2.24) is 10.0 Å². The lowest BCUT2D eigenvalue weighted by molar-refractivity contribution is -0.120. The van der Waals surface area contributed by atoms with Gasteiger partial charge in [0, 0.05) is 13.0 Å². The van der Waals surface area contributed by atoms with E-state index in [0.717, 1.165) is 6.42 Å². The Bertz CT molecular complexity index is 136. The van der Waals surface area contributed by atoms with E-state index in [1.807, 2.05) is 0 Å². The van der Waals surface area contributed by atoms with E-state index in [1.54, 1.807) is 0 Å². The van der Waals surface area contributed by atoms with Crippen molar-refractivity contribution in [2.45, 2.75) is 12.8 Å². The molecule has 1 fully saturated rings. The highest BCUT2D eigenvalue weighted by Crippen LogP contribution is 2.05. The second-order valence-electron chi connectivity index (χ2n) is 2.40. The molecule has 0 atom stereocenters. The van der Waals surface area contributed by atoms with E-state index in [9.17, 15) is 4.79 Å².